The molecule has 8 heteroatoms. The van der Waals surface area contributed by atoms with Gasteiger partial charge in [-0.15, -0.1) is 11.3 Å². The standard InChI is InChI=1S/C17H23N5O2S/c1-10-12(8-21(5)20-10)13-9-25-16(18-13)19-15(24)11-6-14(23)22(7-11)17(2,3)4/h8-9,11H,6-7H2,1-5H3,(H,18,19,24)/t11-/m1/s1. The molecule has 0 aliphatic carbocycles. The number of hydrogen-bond acceptors (Lipinski definition) is 5. The van der Waals surface area contributed by atoms with Gasteiger partial charge >= 0.3 is 0 Å². The number of thiazole rings is 1. The molecule has 3 rings (SSSR count). The Morgan fingerprint density at radius 2 is 2.12 bits per heavy atom. The molecular formula is C17H23N5O2S. The Morgan fingerprint density at radius 3 is 2.68 bits per heavy atom. The zero-order valence-electron chi connectivity index (χ0n) is 15.2. The van der Waals surface area contributed by atoms with E-state index in [4.69, 9.17) is 0 Å². The van der Waals surface area contributed by atoms with Crippen molar-refractivity contribution < 1.29 is 9.59 Å². The van der Waals surface area contributed by atoms with Gasteiger partial charge in [0.25, 0.3) is 0 Å². The van der Waals surface area contributed by atoms with Gasteiger partial charge in [-0.05, 0) is 27.7 Å². The lowest BCUT2D eigenvalue weighted by atomic mass is 10.1. The van der Waals surface area contributed by atoms with Crippen molar-refractivity contribution in [3.8, 4) is 11.3 Å². The number of hydrogen-bond donors (Lipinski definition) is 1. The van der Waals surface area contributed by atoms with Crippen LogP contribution in [-0.4, -0.2) is 43.6 Å². The van der Waals surface area contributed by atoms with Crippen molar-refractivity contribution in [2.45, 2.75) is 39.7 Å². The first-order valence-corrected chi connectivity index (χ1v) is 9.10. The van der Waals surface area contributed by atoms with Crippen LogP contribution in [0.2, 0.25) is 0 Å². The molecule has 25 heavy (non-hydrogen) atoms. The molecule has 0 aromatic carbocycles. The van der Waals surface area contributed by atoms with E-state index in [1.165, 1.54) is 11.3 Å². The van der Waals surface area contributed by atoms with Gasteiger partial charge in [0.1, 0.15) is 0 Å². The van der Waals surface area contributed by atoms with Crippen LogP contribution in [0, 0.1) is 12.8 Å². The van der Waals surface area contributed by atoms with Gasteiger partial charge in [-0.25, -0.2) is 4.98 Å². The van der Waals surface area contributed by atoms with E-state index in [1.54, 1.807) is 9.58 Å². The van der Waals surface area contributed by atoms with E-state index in [0.29, 0.717) is 11.7 Å². The maximum atomic E-state index is 12.5. The first kappa shape index (κ1) is 17.6. The summed E-state index contributed by atoms with van der Waals surface area (Å²) in [4.78, 5) is 30.9. The molecule has 1 saturated heterocycles. The lowest BCUT2D eigenvalue weighted by molar-refractivity contribution is -0.131. The van der Waals surface area contributed by atoms with Gasteiger partial charge in [0.15, 0.2) is 5.13 Å². The molecule has 3 heterocycles. The van der Waals surface area contributed by atoms with Gasteiger partial charge in [-0.1, -0.05) is 0 Å². The zero-order chi connectivity index (χ0) is 18.4. The summed E-state index contributed by atoms with van der Waals surface area (Å²) in [5, 5.41) is 9.62. The quantitative estimate of drug-likeness (QED) is 0.910. The number of carbonyl (C=O) groups excluding carboxylic acids is 2. The Balaban J connectivity index is 1.69. The number of anilines is 1. The zero-order valence-corrected chi connectivity index (χ0v) is 16.0. The molecule has 0 spiro atoms. The van der Waals surface area contributed by atoms with E-state index in [0.717, 1.165) is 17.0 Å². The summed E-state index contributed by atoms with van der Waals surface area (Å²) < 4.78 is 1.74. The highest BCUT2D eigenvalue weighted by atomic mass is 32.1. The third-order valence-electron chi connectivity index (χ3n) is 4.33. The number of amides is 2. The molecule has 2 amide bonds. The van der Waals surface area contributed by atoms with E-state index in [-0.39, 0.29) is 29.7 Å². The largest absolute Gasteiger partial charge is 0.337 e. The Kier molecular flexibility index (Phi) is 4.40. The highest BCUT2D eigenvalue weighted by Crippen LogP contribution is 2.29. The minimum absolute atomic E-state index is 0.0264. The predicted molar refractivity (Wildman–Crippen MR) is 97.3 cm³/mol. The van der Waals surface area contributed by atoms with E-state index < -0.39 is 0 Å². The van der Waals surface area contributed by atoms with Crippen LogP contribution in [0.15, 0.2) is 11.6 Å². The van der Waals surface area contributed by atoms with Crippen molar-refractivity contribution in [3.63, 3.8) is 0 Å². The second-order valence-corrected chi connectivity index (χ2v) is 8.26. The summed E-state index contributed by atoms with van der Waals surface area (Å²) in [6.45, 7) is 8.32. The Morgan fingerprint density at radius 1 is 1.40 bits per heavy atom. The molecule has 2 aromatic rings. The third-order valence-corrected chi connectivity index (χ3v) is 5.09. The van der Waals surface area contributed by atoms with Crippen molar-refractivity contribution >= 4 is 28.3 Å². The molecule has 0 bridgehead atoms. The first-order valence-electron chi connectivity index (χ1n) is 8.22. The fourth-order valence-electron chi connectivity index (χ4n) is 3.04. The number of nitrogens with zero attached hydrogens (tertiary/aromatic N) is 4. The fraction of sp³-hybridized carbons (Fsp3) is 0.529. The van der Waals surface area contributed by atoms with Crippen molar-refractivity contribution in [3.05, 3.63) is 17.3 Å². The van der Waals surface area contributed by atoms with E-state index >= 15 is 0 Å². The first-order chi connectivity index (χ1) is 11.6. The highest BCUT2D eigenvalue weighted by Gasteiger charge is 2.39. The average molecular weight is 361 g/mol. The summed E-state index contributed by atoms with van der Waals surface area (Å²) in [5.41, 5.74) is 2.38. The van der Waals surface area contributed by atoms with Crippen LogP contribution in [0.1, 0.15) is 32.9 Å². The van der Waals surface area contributed by atoms with Gasteiger partial charge in [0.2, 0.25) is 11.8 Å². The second-order valence-electron chi connectivity index (χ2n) is 7.41. The van der Waals surface area contributed by atoms with E-state index in [2.05, 4.69) is 15.4 Å². The second kappa shape index (κ2) is 6.25. The maximum Gasteiger partial charge on any atom is 0.231 e. The summed E-state index contributed by atoms with van der Waals surface area (Å²) >= 11 is 1.38. The summed E-state index contributed by atoms with van der Waals surface area (Å²) in [7, 11) is 1.86. The number of carbonyl (C=O) groups is 2. The number of likely N-dealkylation sites (tertiary alicyclic amines) is 1. The van der Waals surface area contributed by atoms with E-state index in [9.17, 15) is 9.59 Å². The van der Waals surface area contributed by atoms with Gasteiger partial charge in [0.05, 0.1) is 17.3 Å². The lowest BCUT2D eigenvalue weighted by Crippen LogP contribution is -2.42. The van der Waals surface area contributed by atoms with Crippen molar-refractivity contribution in [2.24, 2.45) is 13.0 Å². The van der Waals surface area contributed by atoms with Gasteiger partial charge in [-0.3, -0.25) is 14.3 Å². The molecule has 0 unspecified atom stereocenters. The van der Waals surface area contributed by atoms with Crippen LogP contribution in [0.5, 0.6) is 0 Å². The minimum Gasteiger partial charge on any atom is -0.337 e. The molecule has 0 saturated carbocycles. The highest BCUT2D eigenvalue weighted by molar-refractivity contribution is 7.14. The Labute approximate surface area is 151 Å². The summed E-state index contributed by atoms with van der Waals surface area (Å²) in [5.74, 6) is -0.457. The fourth-order valence-corrected chi connectivity index (χ4v) is 3.76. The average Bonchev–Trinajstić information content (AvgIpc) is 3.17. The number of rotatable bonds is 3. The van der Waals surface area contributed by atoms with Crippen LogP contribution in [0.25, 0.3) is 11.3 Å². The van der Waals surface area contributed by atoms with Crippen LogP contribution < -0.4 is 5.32 Å². The topological polar surface area (TPSA) is 80.1 Å². The van der Waals surface area contributed by atoms with Crippen LogP contribution in [0.3, 0.4) is 0 Å². The lowest BCUT2D eigenvalue weighted by Gasteiger charge is -2.31. The molecule has 1 atom stereocenters. The normalized spacial score (nSPS) is 18.0. The molecule has 1 fully saturated rings. The van der Waals surface area contributed by atoms with Crippen molar-refractivity contribution in [1.29, 1.82) is 0 Å². The molecule has 1 aliphatic rings. The van der Waals surface area contributed by atoms with Crippen molar-refractivity contribution in [1.82, 2.24) is 19.7 Å². The Bertz CT molecular complexity index is 817. The monoisotopic (exact) mass is 361 g/mol. The third kappa shape index (κ3) is 3.58. The van der Waals surface area contributed by atoms with Crippen LogP contribution >= 0.6 is 11.3 Å². The van der Waals surface area contributed by atoms with Gasteiger partial charge in [-0.2, -0.15) is 5.10 Å². The van der Waals surface area contributed by atoms with Crippen LogP contribution in [-0.2, 0) is 16.6 Å². The Hall–Kier alpha value is -2.22. The maximum absolute atomic E-state index is 12.5. The molecule has 1 aliphatic heterocycles. The van der Waals surface area contributed by atoms with Gasteiger partial charge in [0, 0.05) is 42.7 Å². The predicted octanol–water partition coefficient (Wildman–Crippen LogP) is 2.44. The SMILES string of the molecule is Cc1nn(C)cc1-c1csc(NC(=O)[C@@H]2CC(=O)N(C(C)(C)C)C2)n1. The number of nitrogens with one attached hydrogen (secondary N) is 1. The molecule has 2 aromatic heterocycles. The summed E-state index contributed by atoms with van der Waals surface area (Å²) in [6, 6.07) is 0. The molecule has 134 valence electrons. The number of aryl methyl sites for hydroxylation is 2. The van der Waals surface area contributed by atoms with Crippen molar-refractivity contribution in [2.75, 3.05) is 11.9 Å². The molecule has 7 nitrogen and oxygen atoms in total. The number of aromatic nitrogens is 3. The minimum atomic E-state index is -0.334. The molecule has 1 N–H and O–H groups in total. The summed E-state index contributed by atoms with van der Waals surface area (Å²) in [6.07, 6.45) is 2.16. The molecule has 0 radical (unpaired) electrons. The van der Waals surface area contributed by atoms with E-state index in [1.807, 2.05) is 46.3 Å². The molecular weight excluding hydrogens is 338 g/mol. The van der Waals surface area contributed by atoms with Gasteiger partial charge < -0.3 is 10.2 Å². The van der Waals surface area contributed by atoms with Crippen LogP contribution in [0.4, 0.5) is 5.13 Å². The smallest absolute Gasteiger partial charge is 0.231 e.